The summed E-state index contributed by atoms with van der Waals surface area (Å²) in [5.74, 6) is 0.623. The maximum absolute atomic E-state index is 13.0. The monoisotopic (exact) mass is 381 g/mol. The van der Waals surface area contributed by atoms with Crippen LogP contribution in [0, 0.1) is 0 Å². The Morgan fingerprint density at radius 3 is 2.82 bits per heavy atom. The molecule has 0 aliphatic carbocycles. The van der Waals surface area contributed by atoms with Crippen molar-refractivity contribution in [1.29, 1.82) is 0 Å². The van der Waals surface area contributed by atoms with Crippen LogP contribution in [0.4, 0.5) is 0 Å². The van der Waals surface area contributed by atoms with Gasteiger partial charge in [-0.05, 0) is 36.9 Å². The summed E-state index contributed by atoms with van der Waals surface area (Å²) in [6, 6.07) is 7.31. The molecule has 2 radical (unpaired) electrons. The SMILES string of the molecule is [B]N[C@H](COc1ccc2c3ccncc3c(=O)n(CCOC)c2c1)CC(C)O. The summed E-state index contributed by atoms with van der Waals surface area (Å²) < 4.78 is 12.7. The molecule has 146 valence electrons. The standard InChI is InChI=1S/C20H24BN3O4/c1-13(25)9-14(23-21)12-28-15-3-4-17-16-5-6-22-11-18(16)20(26)24(7-8-27-2)19(17)10-15/h3-6,10-11,13-14,23,25H,7-9,12H2,1-2H3/t13?,14-/m0/s1. The smallest absolute Gasteiger partial charge is 0.260 e. The molecule has 0 bridgehead atoms. The topological polar surface area (TPSA) is 85.6 Å². The molecule has 3 rings (SSSR count). The highest BCUT2D eigenvalue weighted by Gasteiger charge is 2.13. The Bertz CT molecular complexity index is 1010. The molecule has 0 aliphatic rings. The molecule has 0 amide bonds. The molecule has 0 saturated heterocycles. The highest BCUT2D eigenvalue weighted by atomic mass is 16.5. The fourth-order valence-corrected chi connectivity index (χ4v) is 3.30. The van der Waals surface area contributed by atoms with Gasteiger partial charge < -0.3 is 24.4 Å². The third-order valence-electron chi connectivity index (χ3n) is 4.68. The van der Waals surface area contributed by atoms with E-state index in [4.69, 9.17) is 17.5 Å². The Balaban J connectivity index is 2.01. The summed E-state index contributed by atoms with van der Waals surface area (Å²) in [6.07, 6.45) is 3.26. The fourth-order valence-electron chi connectivity index (χ4n) is 3.30. The first-order chi connectivity index (χ1) is 13.5. The van der Waals surface area contributed by atoms with Crippen LogP contribution >= 0.6 is 0 Å². The largest absolute Gasteiger partial charge is 0.492 e. The van der Waals surface area contributed by atoms with Crippen LogP contribution < -0.4 is 15.5 Å². The van der Waals surface area contributed by atoms with Gasteiger partial charge in [0.15, 0.2) is 7.98 Å². The van der Waals surface area contributed by atoms with Gasteiger partial charge in [-0.25, -0.2) is 0 Å². The van der Waals surface area contributed by atoms with E-state index >= 15 is 0 Å². The number of benzene rings is 1. The van der Waals surface area contributed by atoms with Crippen molar-refractivity contribution < 1.29 is 14.6 Å². The number of pyridine rings is 2. The zero-order valence-corrected chi connectivity index (χ0v) is 16.1. The molecular formula is C20H24BN3O4. The minimum atomic E-state index is -0.486. The number of aliphatic hydroxyl groups is 1. The average Bonchev–Trinajstić information content (AvgIpc) is 2.70. The number of aliphatic hydroxyl groups excluding tert-OH is 1. The number of nitrogens with zero attached hydrogens (tertiary/aromatic N) is 2. The van der Waals surface area contributed by atoms with Crippen LogP contribution in [0.2, 0.25) is 0 Å². The first-order valence-corrected chi connectivity index (χ1v) is 9.21. The van der Waals surface area contributed by atoms with Crippen molar-refractivity contribution in [3.63, 3.8) is 0 Å². The van der Waals surface area contributed by atoms with Crippen molar-refractivity contribution in [2.24, 2.45) is 0 Å². The number of hydrogen-bond acceptors (Lipinski definition) is 6. The molecule has 2 atom stereocenters. The number of aromatic nitrogens is 2. The number of ether oxygens (including phenoxy) is 2. The predicted octanol–water partition coefficient (Wildman–Crippen LogP) is 1.39. The normalized spacial score (nSPS) is 13.7. The molecule has 1 aromatic carbocycles. The lowest BCUT2D eigenvalue weighted by Gasteiger charge is -2.19. The summed E-state index contributed by atoms with van der Waals surface area (Å²) in [4.78, 5) is 17.1. The molecule has 0 fully saturated rings. The first kappa shape index (κ1) is 20.3. The Morgan fingerprint density at radius 1 is 1.29 bits per heavy atom. The number of nitrogens with one attached hydrogen (secondary N) is 1. The second kappa shape index (κ2) is 9.19. The maximum Gasteiger partial charge on any atom is 0.260 e. The zero-order valence-electron chi connectivity index (χ0n) is 16.1. The van der Waals surface area contributed by atoms with E-state index in [-0.39, 0.29) is 11.6 Å². The summed E-state index contributed by atoms with van der Waals surface area (Å²) in [5, 5.41) is 14.6. The molecule has 2 N–H and O–H groups in total. The van der Waals surface area contributed by atoms with Gasteiger partial charge in [0, 0.05) is 43.5 Å². The minimum absolute atomic E-state index is 0.111. The zero-order chi connectivity index (χ0) is 20.1. The van der Waals surface area contributed by atoms with Gasteiger partial charge in [-0.2, -0.15) is 0 Å². The van der Waals surface area contributed by atoms with Crippen molar-refractivity contribution in [2.75, 3.05) is 20.3 Å². The molecule has 7 nitrogen and oxygen atoms in total. The van der Waals surface area contributed by atoms with Crippen LogP contribution in [-0.2, 0) is 11.3 Å². The minimum Gasteiger partial charge on any atom is -0.492 e. The van der Waals surface area contributed by atoms with Gasteiger partial charge in [-0.1, -0.05) is 0 Å². The van der Waals surface area contributed by atoms with Gasteiger partial charge in [0.2, 0.25) is 0 Å². The molecule has 0 saturated carbocycles. The summed E-state index contributed by atoms with van der Waals surface area (Å²) in [7, 11) is 7.13. The molecule has 0 aliphatic heterocycles. The molecule has 3 aromatic rings. The van der Waals surface area contributed by atoms with Gasteiger partial charge in [0.05, 0.1) is 23.6 Å². The van der Waals surface area contributed by atoms with Gasteiger partial charge >= 0.3 is 0 Å². The van der Waals surface area contributed by atoms with Gasteiger partial charge in [-0.3, -0.25) is 9.78 Å². The van der Waals surface area contributed by atoms with Gasteiger partial charge in [0.1, 0.15) is 12.4 Å². The van der Waals surface area contributed by atoms with Crippen molar-refractivity contribution in [3.8, 4) is 5.75 Å². The Hall–Kier alpha value is -2.42. The second-order valence-corrected chi connectivity index (χ2v) is 6.81. The number of rotatable bonds is 9. The molecule has 2 heterocycles. The van der Waals surface area contributed by atoms with E-state index < -0.39 is 6.10 Å². The highest BCUT2D eigenvalue weighted by Crippen LogP contribution is 2.26. The van der Waals surface area contributed by atoms with E-state index in [1.54, 1.807) is 31.0 Å². The van der Waals surface area contributed by atoms with E-state index in [1.165, 1.54) is 0 Å². The summed E-state index contributed by atoms with van der Waals surface area (Å²) >= 11 is 0. The third-order valence-corrected chi connectivity index (χ3v) is 4.68. The van der Waals surface area contributed by atoms with Crippen LogP contribution in [0.3, 0.4) is 0 Å². The fraction of sp³-hybridized carbons (Fsp3) is 0.400. The van der Waals surface area contributed by atoms with Crippen LogP contribution in [-0.4, -0.2) is 55.1 Å². The van der Waals surface area contributed by atoms with E-state index in [9.17, 15) is 9.90 Å². The average molecular weight is 381 g/mol. The van der Waals surface area contributed by atoms with Crippen molar-refractivity contribution >= 4 is 29.7 Å². The van der Waals surface area contributed by atoms with Gasteiger partial charge in [-0.15, -0.1) is 0 Å². The lowest BCUT2D eigenvalue weighted by molar-refractivity contribution is 0.155. The van der Waals surface area contributed by atoms with Crippen LogP contribution in [0.25, 0.3) is 21.7 Å². The summed E-state index contributed by atoms with van der Waals surface area (Å²) in [6.45, 7) is 2.84. The Kier molecular flexibility index (Phi) is 6.67. The lowest BCUT2D eigenvalue weighted by Crippen LogP contribution is -2.35. The molecule has 1 unspecified atom stereocenters. The molecule has 8 heteroatoms. The number of methoxy groups -OCH3 is 1. The van der Waals surface area contributed by atoms with E-state index in [0.717, 1.165) is 16.3 Å². The Labute approximate surface area is 164 Å². The van der Waals surface area contributed by atoms with Crippen LogP contribution in [0.15, 0.2) is 41.5 Å². The number of hydrogen-bond donors (Lipinski definition) is 2. The summed E-state index contributed by atoms with van der Waals surface area (Å²) in [5.41, 5.74) is 0.659. The second-order valence-electron chi connectivity index (χ2n) is 6.81. The Morgan fingerprint density at radius 2 is 2.11 bits per heavy atom. The predicted molar refractivity (Wildman–Crippen MR) is 110 cm³/mol. The molecular weight excluding hydrogens is 357 g/mol. The van der Waals surface area contributed by atoms with Crippen LogP contribution in [0.1, 0.15) is 13.3 Å². The molecule has 2 aromatic heterocycles. The quantitative estimate of drug-likeness (QED) is 0.430. The van der Waals surface area contributed by atoms with Crippen molar-refractivity contribution in [3.05, 3.63) is 47.0 Å². The van der Waals surface area contributed by atoms with E-state index in [1.807, 2.05) is 24.3 Å². The maximum atomic E-state index is 13.0. The first-order valence-electron chi connectivity index (χ1n) is 9.21. The van der Waals surface area contributed by atoms with Crippen LogP contribution in [0.5, 0.6) is 5.75 Å². The third kappa shape index (κ3) is 4.35. The van der Waals surface area contributed by atoms with Crippen molar-refractivity contribution in [1.82, 2.24) is 14.8 Å². The lowest BCUT2D eigenvalue weighted by atomic mass is 10.1. The molecule has 28 heavy (non-hydrogen) atoms. The van der Waals surface area contributed by atoms with Gasteiger partial charge in [0.25, 0.3) is 5.56 Å². The number of fused-ring (bicyclic) bond motifs is 3. The molecule has 0 spiro atoms. The van der Waals surface area contributed by atoms with E-state index in [2.05, 4.69) is 10.2 Å². The highest BCUT2D eigenvalue weighted by molar-refractivity contribution is 6.05. The van der Waals surface area contributed by atoms with Crippen molar-refractivity contribution in [2.45, 2.75) is 32.0 Å². The van der Waals surface area contributed by atoms with E-state index in [0.29, 0.717) is 37.3 Å².